The zero-order chi connectivity index (χ0) is 10.8. The predicted octanol–water partition coefficient (Wildman–Crippen LogP) is 2.19. The maximum absolute atomic E-state index is 10.7. The van der Waals surface area contributed by atoms with Crippen molar-refractivity contribution in [2.24, 2.45) is 0 Å². The molecule has 0 bridgehead atoms. The quantitative estimate of drug-likeness (QED) is 0.866. The normalized spacial score (nSPS) is 10.5. The minimum absolute atomic E-state index is 0.348. The third kappa shape index (κ3) is 1.78. The van der Waals surface area contributed by atoms with Crippen LogP contribution in [0.5, 0.6) is 0 Å². The van der Waals surface area contributed by atoms with Gasteiger partial charge in [0.05, 0.1) is 0 Å². The molecule has 0 aromatic carbocycles. The minimum Gasteiger partial charge on any atom is -0.477 e. The molecule has 2 aromatic heterocycles. The first kappa shape index (κ1) is 9.92. The molecule has 5 heteroatoms. The van der Waals surface area contributed by atoms with Crippen LogP contribution in [0.15, 0.2) is 24.5 Å². The van der Waals surface area contributed by atoms with E-state index in [1.165, 1.54) is 11.3 Å². The maximum atomic E-state index is 10.7. The number of aryl methyl sites for hydroxylation is 1. The second-order valence-electron chi connectivity index (χ2n) is 3.01. The summed E-state index contributed by atoms with van der Waals surface area (Å²) >= 11 is 1.25. The molecule has 0 atom stereocenters. The number of rotatable bonds is 3. The van der Waals surface area contributed by atoms with Crippen molar-refractivity contribution < 1.29 is 9.90 Å². The lowest BCUT2D eigenvalue weighted by atomic mass is 10.4. The van der Waals surface area contributed by atoms with Crippen molar-refractivity contribution in [3.63, 3.8) is 0 Å². The molecule has 0 fully saturated rings. The zero-order valence-electron chi connectivity index (χ0n) is 8.17. The van der Waals surface area contributed by atoms with Gasteiger partial charge in [0.1, 0.15) is 15.7 Å². The number of hydrogen-bond donors (Lipinski definition) is 1. The van der Waals surface area contributed by atoms with E-state index in [0.29, 0.717) is 4.88 Å². The molecule has 0 spiro atoms. The Morgan fingerprint density at radius 3 is 3.00 bits per heavy atom. The van der Waals surface area contributed by atoms with Crippen molar-refractivity contribution in [1.82, 2.24) is 9.55 Å². The molecular formula is C10H10N2O2S. The predicted molar refractivity (Wildman–Crippen MR) is 57.8 cm³/mol. The molecule has 1 N–H and O–H groups in total. The van der Waals surface area contributed by atoms with Crippen LogP contribution in [-0.2, 0) is 6.42 Å². The molecule has 2 heterocycles. The van der Waals surface area contributed by atoms with Gasteiger partial charge in [0.25, 0.3) is 0 Å². The first-order valence-corrected chi connectivity index (χ1v) is 5.39. The summed E-state index contributed by atoms with van der Waals surface area (Å²) in [4.78, 5) is 15.3. The fraction of sp³-hybridized carbons (Fsp3) is 0.200. The van der Waals surface area contributed by atoms with E-state index in [-0.39, 0.29) is 0 Å². The van der Waals surface area contributed by atoms with E-state index >= 15 is 0 Å². The van der Waals surface area contributed by atoms with Crippen LogP contribution in [-0.4, -0.2) is 20.6 Å². The minimum atomic E-state index is -0.885. The van der Waals surface area contributed by atoms with Gasteiger partial charge in [-0.05, 0) is 12.1 Å². The van der Waals surface area contributed by atoms with Gasteiger partial charge < -0.3 is 5.11 Å². The highest BCUT2D eigenvalue weighted by atomic mass is 32.1. The van der Waals surface area contributed by atoms with Crippen molar-refractivity contribution in [2.45, 2.75) is 13.3 Å². The van der Waals surface area contributed by atoms with Crippen LogP contribution in [0.1, 0.15) is 22.4 Å². The number of carbonyl (C=O) groups is 1. The largest absolute Gasteiger partial charge is 0.477 e. The fourth-order valence-corrected chi connectivity index (χ4v) is 2.22. The first-order valence-electron chi connectivity index (χ1n) is 4.58. The molecule has 0 amide bonds. The molecule has 2 rings (SSSR count). The molecule has 4 nitrogen and oxygen atoms in total. The van der Waals surface area contributed by atoms with Gasteiger partial charge >= 0.3 is 5.97 Å². The van der Waals surface area contributed by atoms with E-state index in [1.807, 2.05) is 17.7 Å². The number of carboxylic acids is 1. The summed E-state index contributed by atoms with van der Waals surface area (Å²) < 4.78 is 1.91. The summed E-state index contributed by atoms with van der Waals surface area (Å²) in [7, 11) is 0. The third-order valence-electron chi connectivity index (χ3n) is 2.07. The summed E-state index contributed by atoms with van der Waals surface area (Å²) in [6.07, 6.45) is 4.39. The molecule has 0 saturated heterocycles. The van der Waals surface area contributed by atoms with Gasteiger partial charge in [0.15, 0.2) is 0 Å². The van der Waals surface area contributed by atoms with Crippen molar-refractivity contribution in [1.29, 1.82) is 0 Å². The van der Waals surface area contributed by atoms with Crippen LogP contribution in [0.2, 0.25) is 0 Å². The number of hydrogen-bond acceptors (Lipinski definition) is 3. The highest BCUT2D eigenvalue weighted by molar-refractivity contribution is 7.16. The van der Waals surface area contributed by atoms with Gasteiger partial charge in [-0.15, -0.1) is 11.3 Å². The Morgan fingerprint density at radius 1 is 1.60 bits per heavy atom. The van der Waals surface area contributed by atoms with Gasteiger partial charge in [-0.3, -0.25) is 4.57 Å². The van der Waals surface area contributed by atoms with Gasteiger partial charge in [-0.2, -0.15) is 0 Å². The standard InChI is InChI=1S/C10H10N2O2S/c1-2-8-11-5-6-12(8)9-4-3-7(15-9)10(13)14/h3-6H,2H2,1H3,(H,13,14). The van der Waals surface area contributed by atoms with E-state index in [0.717, 1.165) is 17.2 Å². The lowest BCUT2D eigenvalue weighted by Crippen LogP contribution is -1.96. The van der Waals surface area contributed by atoms with Crippen LogP contribution in [0.25, 0.3) is 5.00 Å². The molecule has 2 aromatic rings. The molecule has 0 aliphatic rings. The van der Waals surface area contributed by atoms with Crippen LogP contribution in [0, 0.1) is 0 Å². The Labute approximate surface area is 90.8 Å². The Balaban J connectivity index is 2.41. The molecule has 78 valence electrons. The highest BCUT2D eigenvalue weighted by Crippen LogP contribution is 2.22. The number of carboxylic acid groups (broad SMARTS) is 1. The third-order valence-corrected chi connectivity index (χ3v) is 3.15. The van der Waals surface area contributed by atoms with Crippen molar-refractivity contribution in [2.75, 3.05) is 0 Å². The van der Waals surface area contributed by atoms with Crippen LogP contribution >= 0.6 is 11.3 Å². The monoisotopic (exact) mass is 222 g/mol. The number of nitrogens with zero attached hydrogens (tertiary/aromatic N) is 2. The zero-order valence-corrected chi connectivity index (χ0v) is 8.99. The second kappa shape index (κ2) is 3.86. The molecule has 0 aliphatic heterocycles. The molecule has 0 saturated carbocycles. The van der Waals surface area contributed by atoms with Gasteiger partial charge in [0.2, 0.25) is 0 Å². The average Bonchev–Trinajstić information content (AvgIpc) is 2.85. The van der Waals surface area contributed by atoms with Crippen LogP contribution in [0.3, 0.4) is 0 Å². The van der Waals surface area contributed by atoms with E-state index < -0.39 is 5.97 Å². The SMILES string of the molecule is CCc1nccn1-c1ccc(C(=O)O)s1. The summed E-state index contributed by atoms with van der Waals surface area (Å²) in [6, 6.07) is 3.41. The Morgan fingerprint density at radius 2 is 2.40 bits per heavy atom. The van der Waals surface area contributed by atoms with Crippen LogP contribution in [0.4, 0.5) is 0 Å². The van der Waals surface area contributed by atoms with E-state index in [9.17, 15) is 4.79 Å². The molecular weight excluding hydrogens is 212 g/mol. The van der Waals surface area contributed by atoms with E-state index in [4.69, 9.17) is 5.11 Å². The van der Waals surface area contributed by atoms with Gasteiger partial charge in [-0.1, -0.05) is 6.92 Å². The summed E-state index contributed by atoms with van der Waals surface area (Å²) in [6.45, 7) is 2.02. The Hall–Kier alpha value is -1.62. The Kier molecular flexibility index (Phi) is 2.55. The van der Waals surface area contributed by atoms with E-state index in [1.54, 1.807) is 18.3 Å². The smallest absolute Gasteiger partial charge is 0.345 e. The summed E-state index contributed by atoms with van der Waals surface area (Å²) in [5, 5.41) is 9.70. The van der Waals surface area contributed by atoms with Crippen LogP contribution < -0.4 is 0 Å². The molecule has 0 unspecified atom stereocenters. The van der Waals surface area contributed by atoms with Gasteiger partial charge in [0, 0.05) is 18.8 Å². The fourth-order valence-electron chi connectivity index (χ4n) is 1.37. The van der Waals surface area contributed by atoms with Crippen molar-refractivity contribution in [3.8, 4) is 5.00 Å². The maximum Gasteiger partial charge on any atom is 0.345 e. The molecule has 0 aliphatic carbocycles. The molecule has 0 radical (unpaired) electrons. The van der Waals surface area contributed by atoms with Crippen molar-refractivity contribution >= 4 is 17.3 Å². The summed E-state index contributed by atoms with van der Waals surface area (Å²) in [5.74, 6) is 0.0539. The number of aromatic nitrogens is 2. The number of imidazole rings is 1. The summed E-state index contributed by atoms with van der Waals surface area (Å²) in [5.41, 5.74) is 0. The Bertz CT molecular complexity index is 487. The first-order chi connectivity index (χ1) is 7.22. The topological polar surface area (TPSA) is 55.1 Å². The molecule has 15 heavy (non-hydrogen) atoms. The average molecular weight is 222 g/mol. The lowest BCUT2D eigenvalue weighted by Gasteiger charge is -2.01. The lowest BCUT2D eigenvalue weighted by molar-refractivity contribution is 0.0702. The highest BCUT2D eigenvalue weighted by Gasteiger charge is 2.09. The number of aromatic carboxylic acids is 1. The second-order valence-corrected chi connectivity index (χ2v) is 4.07. The van der Waals surface area contributed by atoms with Gasteiger partial charge in [-0.25, -0.2) is 9.78 Å². The van der Waals surface area contributed by atoms with E-state index in [2.05, 4.69) is 4.98 Å². The van der Waals surface area contributed by atoms with Crippen molar-refractivity contribution in [3.05, 3.63) is 35.2 Å². The number of thiophene rings is 1.